The highest BCUT2D eigenvalue weighted by Crippen LogP contribution is 2.48. The lowest BCUT2D eigenvalue weighted by molar-refractivity contribution is -0.156. The molecule has 1 aromatic heterocycles. The molecule has 4 amide bonds. The molecule has 1 aromatic carbocycles. The number of benzene rings is 1. The van der Waals surface area contributed by atoms with Crippen molar-refractivity contribution >= 4 is 44.6 Å². The van der Waals surface area contributed by atoms with Gasteiger partial charge in [0.2, 0.25) is 27.7 Å². The van der Waals surface area contributed by atoms with Gasteiger partial charge in [0.25, 0.3) is 11.8 Å². The molecule has 0 unspecified atom stereocenters. The van der Waals surface area contributed by atoms with Gasteiger partial charge in [-0.25, -0.2) is 27.0 Å². The van der Waals surface area contributed by atoms with E-state index < -0.39 is 85.6 Å². The fourth-order valence-corrected chi connectivity index (χ4v) is 9.87. The fraction of sp³-hybridized carbons (Fsp3) is 0.651. The minimum atomic E-state index is -4.11. The molecule has 0 radical (unpaired) electrons. The van der Waals surface area contributed by atoms with Gasteiger partial charge >= 0.3 is 6.09 Å². The van der Waals surface area contributed by atoms with Crippen molar-refractivity contribution < 1.29 is 60.4 Å². The van der Waals surface area contributed by atoms with Crippen molar-refractivity contribution in [1.82, 2.24) is 24.8 Å². The molecule has 2 saturated carbocycles. The number of allylic oxidation sites excluding steroid dienone is 1. The Balaban J connectivity index is 1.42. The molecule has 0 spiro atoms. The van der Waals surface area contributed by atoms with Gasteiger partial charge in [0.15, 0.2) is 0 Å². The van der Waals surface area contributed by atoms with Gasteiger partial charge in [0, 0.05) is 37.1 Å². The van der Waals surface area contributed by atoms with Crippen molar-refractivity contribution in [1.29, 1.82) is 0 Å². The lowest BCUT2D eigenvalue weighted by Gasteiger charge is -2.47. The minimum Gasteiger partial charge on any atom is -0.497 e. The predicted octanol–water partition coefficient (Wildman–Crippen LogP) is 5.29. The Bertz CT molecular complexity index is 2200. The summed E-state index contributed by atoms with van der Waals surface area (Å²) in [7, 11) is -1.06. The summed E-state index contributed by atoms with van der Waals surface area (Å²) in [5, 5.41) is 14.5. The topological polar surface area (TPSA) is 203 Å². The summed E-state index contributed by atoms with van der Waals surface area (Å²) in [6.45, 7) is 8.03. The van der Waals surface area contributed by atoms with Crippen molar-refractivity contribution in [3.63, 3.8) is 0 Å². The van der Waals surface area contributed by atoms with E-state index in [1.165, 1.54) is 27.3 Å². The molecular formula is C43H59F2N5O11S. The monoisotopic (exact) mass is 891 g/mol. The summed E-state index contributed by atoms with van der Waals surface area (Å²) in [5.74, 6) is -6.72. The predicted molar refractivity (Wildman–Crippen MR) is 224 cm³/mol. The number of fused-ring (bicyclic) bond motifs is 3. The maximum absolute atomic E-state index is 15.4. The van der Waals surface area contributed by atoms with Gasteiger partial charge in [-0.15, -0.1) is 0 Å². The Morgan fingerprint density at radius 3 is 2.44 bits per heavy atom. The Labute approximate surface area is 361 Å². The highest BCUT2D eigenvalue weighted by Gasteiger charge is 2.63. The number of methoxy groups -OCH3 is 2. The Kier molecular flexibility index (Phi) is 13.1. The Morgan fingerprint density at radius 1 is 1.10 bits per heavy atom. The number of carbonyl (C=O) groups is 4. The number of pyridine rings is 1. The molecule has 16 nitrogen and oxygen atoms in total. The molecule has 4 aliphatic rings. The number of sulfonamides is 1. The molecule has 3 N–H and O–H groups in total. The standard InChI is InChI=1S/C43H59F2N5O11S/c1-25-11-9-10-12-27-22-43(27,38(53)48-62(56,57)41(5)15-16-41)47-35(51)32-21-29(61-36-30-14-13-28(59-8)20-31(30)33(23-46-36)60-18-17-58-7)24-49(32)37(52)34(26(2)19-25)50(39(54)55)40(3,4)42(6,44)45/h10,12-14,20,23,25-27,29,32,34H,9,11,15-19,21-22,24H2,1-8H3,(H,47,51)(H,48,53)(H,54,55)/t25-,26+,27+,29+,32-,34-,43+/m0/s1. The number of rotatable bonds is 13. The van der Waals surface area contributed by atoms with Gasteiger partial charge < -0.3 is 34.3 Å². The molecule has 2 aromatic rings. The normalized spacial score (nSPS) is 27.8. The van der Waals surface area contributed by atoms with E-state index in [2.05, 4.69) is 15.0 Å². The second kappa shape index (κ2) is 17.4. The summed E-state index contributed by atoms with van der Waals surface area (Å²) in [6.07, 6.45) is 4.35. The number of nitrogens with zero attached hydrogens (tertiary/aromatic N) is 3. The molecule has 19 heteroatoms. The van der Waals surface area contributed by atoms with E-state index in [9.17, 15) is 27.9 Å². The van der Waals surface area contributed by atoms with Crippen LogP contribution in [0, 0.1) is 17.8 Å². The van der Waals surface area contributed by atoms with Gasteiger partial charge in [0.1, 0.15) is 47.4 Å². The quantitative estimate of drug-likeness (QED) is 0.174. The van der Waals surface area contributed by atoms with Gasteiger partial charge in [-0.3, -0.25) is 24.0 Å². The van der Waals surface area contributed by atoms with Crippen LogP contribution in [0.4, 0.5) is 13.6 Å². The first-order valence-corrected chi connectivity index (χ1v) is 22.5. The van der Waals surface area contributed by atoms with Crippen LogP contribution in [-0.4, -0.2) is 126 Å². The van der Waals surface area contributed by atoms with Crippen molar-refractivity contribution in [2.45, 2.75) is 126 Å². The largest absolute Gasteiger partial charge is 0.497 e. The molecular weight excluding hydrogens is 833 g/mol. The number of nitrogens with one attached hydrogen (secondary N) is 2. The van der Waals surface area contributed by atoms with Gasteiger partial charge in [-0.2, -0.15) is 0 Å². The average Bonchev–Trinajstić information content (AvgIpc) is 4.08. The Hall–Kier alpha value is -4.78. The van der Waals surface area contributed by atoms with Crippen LogP contribution < -0.4 is 24.2 Å². The molecule has 6 rings (SSSR count). The number of aromatic nitrogens is 1. The third kappa shape index (κ3) is 9.15. The van der Waals surface area contributed by atoms with Crippen LogP contribution in [0.2, 0.25) is 0 Å². The lowest BCUT2D eigenvalue weighted by atomic mass is 9.84. The molecule has 62 heavy (non-hydrogen) atoms. The third-order valence-electron chi connectivity index (χ3n) is 13.2. The van der Waals surface area contributed by atoms with Crippen LogP contribution >= 0.6 is 0 Å². The number of carboxylic acid groups (broad SMARTS) is 1. The van der Waals surface area contributed by atoms with Crippen LogP contribution in [0.5, 0.6) is 17.4 Å². The first-order valence-electron chi connectivity index (χ1n) is 21.0. The van der Waals surface area contributed by atoms with E-state index in [-0.39, 0.29) is 44.2 Å². The van der Waals surface area contributed by atoms with E-state index in [0.29, 0.717) is 66.4 Å². The van der Waals surface area contributed by atoms with E-state index in [1.807, 2.05) is 13.0 Å². The molecule has 0 bridgehead atoms. The van der Waals surface area contributed by atoms with Crippen LogP contribution in [0.25, 0.3) is 10.8 Å². The van der Waals surface area contributed by atoms with Gasteiger partial charge in [-0.1, -0.05) is 26.0 Å². The first kappa shape index (κ1) is 46.7. The summed E-state index contributed by atoms with van der Waals surface area (Å²) in [5.41, 5.74) is -4.08. The SMILES string of the molecule is COCCOc1cnc(O[C@@H]2C[C@H]3C(=O)N[C@]4(C(=O)NS(=O)(=O)C5(C)CC5)C[C@H]4C=CCC[C@H](C)C[C@@H](C)[C@H](N(C(=O)O)C(C)(C)C(C)(F)F)C(=O)N3C2)c2ccc(OC)cc12. The lowest BCUT2D eigenvalue weighted by Crippen LogP contribution is -2.66. The second-order valence-corrected chi connectivity index (χ2v) is 20.4. The first-order chi connectivity index (χ1) is 29.0. The van der Waals surface area contributed by atoms with Crippen molar-refractivity contribution in [2.24, 2.45) is 17.8 Å². The summed E-state index contributed by atoms with van der Waals surface area (Å²) >= 11 is 0. The maximum atomic E-state index is 15.4. The number of hydrogen-bond donors (Lipinski definition) is 3. The zero-order valence-electron chi connectivity index (χ0n) is 36.5. The van der Waals surface area contributed by atoms with Gasteiger partial charge in [-0.05, 0) is 89.3 Å². The summed E-state index contributed by atoms with van der Waals surface area (Å²) in [6, 6.07) is 2.03. The number of halogens is 2. The van der Waals surface area contributed by atoms with Gasteiger partial charge in [0.05, 0.1) is 31.2 Å². The van der Waals surface area contributed by atoms with Crippen LogP contribution in [0.15, 0.2) is 36.5 Å². The maximum Gasteiger partial charge on any atom is 0.408 e. The number of hydrogen-bond acceptors (Lipinski definition) is 11. The average molecular weight is 892 g/mol. The minimum absolute atomic E-state index is 0.0772. The van der Waals surface area contributed by atoms with Crippen molar-refractivity contribution in [3.8, 4) is 17.4 Å². The van der Waals surface area contributed by atoms with Crippen molar-refractivity contribution in [2.75, 3.05) is 34.0 Å². The molecule has 1 saturated heterocycles. The smallest absolute Gasteiger partial charge is 0.408 e. The molecule has 3 heterocycles. The number of carbonyl (C=O) groups excluding carboxylic acids is 3. The fourth-order valence-electron chi connectivity index (χ4n) is 8.56. The molecule has 2 aliphatic carbocycles. The molecule has 342 valence electrons. The van der Waals surface area contributed by atoms with Crippen LogP contribution in [0.3, 0.4) is 0 Å². The van der Waals surface area contributed by atoms with E-state index in [4.69, 9.17) is 18.9 Å². The number of amides is 4. The van der Waals surface area contributed by atoms with E-state index >= 15 is 13.6 Å². The zero-order chi connectivity index (χ0) is 45.6. The second-order valence-electron chi connectivity index (χ2n) is 18.2. The number of alkyl halides is 2. The third-order valence-corrected chi connectivity index (χ3v) is 15.4. The van der Waals surface area contributed by atoms with E-state index in [0.717, 1.165) is 18.7 Å². The summed E-state index contributed by atoms with van der Waals surface area (Å²) in [4.78, 5) is 63.3. The highest BCUT2D eigenvalue weighted by molar-refractivity contribution is 7.91. The van der Waals surface area contributed by atoms with Crippen LogP contribution in [-0.2, 0) is 29.1 Å². The molecule has 2 aliphatic heterocycles. The zero-order valence-corrected chi connectivity index (χ0v) is 37.4. The highest BCUT2D eigenvalue weighted by atomic mass is 32.2. The van der Waals surface area contributed by atoms with Crippen LogP contribution in [0.1, 0.15) is 86.5 Å². The van der Waals surface area contributed by atoms with E-state index in [1.54, 1.807) is 31.2 Å². The Morgan fingerprint density at radius 2 is 1.81 bits per heavy atom. The number of ether oxygens (including phenoxy) is 4. The molecule has 3 fully saturated rings. The molecule has 7 atom stereocenters. The van der Waals surface area contributed by atoms with Crippen molar-refractivity contribution in [3.05, 3.63) is 36.5 Å². The summed E-state index contributed by atoms with van der Waals surface area (Å²) < 4.78 is 81.5.